The first-order valence-corrected chi connectivity index (χ1v) is 6.99. The van der Waals surface area contributed by atoms with E-state index < -0.39 is 0 Å². The summed E-state index contributed by atoms with van der Waals surface area (Å²) in [4.78, 5) is 3.49. The molecule has 0 aromatic rings. The highest BCUT2D eigenvalue weighted by molar-refractivity contribution is 7.99. The van der Waals surface area contributed by atoms with Crippen LogP contribution in [0.5, 0.6) is 0 Å². The predicted octanol–water partition coefficient (Wildman–Crippen LogP) is 5.32. The van der Waals surface area contributed by atoms with Crippen molar-refractivity contribution < 1.29 is 0 Å². The molecular weight excluding hydrogens is 202 g/mol. The summed E-state index contributed by atoms with van der Waals surface area (Å²) in [6.45, 7) is 24.4. The Balaban J connectivity index is -0.0000000301. The number of rotatable bonds is 3. The van der Waals surface area contributed by atoms with Crippen LogP contribution in [-0.4, -0.2) is 24.8 Å². The topological polar surface area (TPSA) is 12.4 Å². The van der Waals surface area contributed by atoms with E-state index in [2.05, 4.69) is 38.7 Å². The molecular formula is C13H33NS. The molecule has 0 aromatic heterocycles. The van der Waals surface area contributed by atoms with Crippen LogP contribution in [0.25, 0.3) is 0 Å². The van der Waals surface area contributed by atoms with E-state index in [4.69, 9.17) is 0 Å². The van der Waals surface area contributed by atoms with E-state index in [-0.39, 0.29) is 0 Å². The van der Waals surface area contributed by atoms with Gasteiger partial charge in [0, 0.05) is 6.54 Å². The van der Waals surface area contributed by atoms with Gasteiger partial charge in [-0.3, -0.25) is 0 Å². The molecule has 0 saturated carbocycles. The van der Waals surface area contributed by atoms with Gasteiger partial charge in [0.2, 0.25) is 0 Å². The maximum absolute atomic E-state index is 3.49. The molecule has 0 aromatic carbocycles. The lowest BCUT2D eigenvalue weighted by Gasteiger charge is -1.80. The van der Waals surface area contributed by atoms with Gasteiger partial charge in [-0.2, -0.15) is 11.8 Å². The Morgan fingerprint density at radius 1 is 0.867 bits per heavy atom. The molecule has 0 amide bonds. The average Bonchev–Trinajstić information content (AvgIpc) is 2.38. The summed E-state index contributed by atoms with van der Waals surface area (Å²) in [5.41, 5.74) is 0. The molecule has 0 saturated heterocycles. The van der Waals surface area contributed by atoms with Gasteiger partial charge in [-0.15, -0.1) is 13.2 Å². The van der Waals surface area contributed by atoms with Crippen LogP contribution >= 0.6 is 11.8 Å². The molecule has 0 fully saturated rings. The number of nitrogens with zero attached hydrogens (tertiary/aromatic N) is 1. The van der Waals surface area contributed by atoms with Crippen LogP contribution in [0.2, 0.25) is 0 Å². The Bertz CT molecular complexity index is 54.5. The molecule has 2 heteroatoms. The van der Waals surface area contributed by atoms with E-state index in [9.17, 15) is 0 Å². The summed E-state index contributed by atoms with van der Waals surface area (Å²) in [6.07, 6.45) is 0. The molecule has 0 bridgehead atoms. The van der Waals surface area contributed by atoms with Crippen LogP contribution in [0.15, 0.2) is 18.2 Å². The van der Waals surface area contributed by atoms with Crippen molar-refractivity contribution in [2.45, 2.75) is 48.5 Å². The molecule has 0 aliphatic heterocycles. The average molecular weight is 235 g/mol. The van der Waals surface area contributed by atoms with E-state index in [1.807, 2.05) is 46.4 Å². The fraction of sp³-hybridized carbons (Fsp3) is 0.769. The Kier molecular flexibility index (Phi) is 193. The second-order valence-electron chi connectivity index (χ2n) is 1.32. The fourth-order valence-electron chi connectivity index (χ4n) is 0.204. The van der Waals surface area contributed by atoms with E-state index in [1.165, 1.54) is 11.5 Å². The van der Waals surface area contributed by atoms with Gasteiger partial charge in [0.1, 0.15) is 0 Å². The van der Waals surface area contributed by atoms with E-state index in [0.29, 0.717) is 0 Å². The van der Waals surface area contributed by atoms with Crippen molar-refractivity contribution in [3.05, 3.63) is 13.2 Å². The SMILES string of the molecule is C=C.C=NCC.CC.CC.CCSCC. The zero-order valence-corrected chi connectivity index (χ0v) is 12.9. The maximum atomic E-state index is 3.49. The lowest BCUT2D eigenvalue weighted by atomic mass is 10.8. The van der Waals surface area contributed by atoms with Gasteiger partial charge in [0.25, 0.3) is 0 Å². The highest BCUT2D eigenvalue weighted by atomic mass is 32.2. The minimum atomic E-state index is 0.833. The fourth-order valence-corrected chi connectivity index (χ4v) is 0.612. The Labute approximate surface area is 103 Å². The van der Waals surface area contributed by atoms with E-state index in [0.717, 1.165) is 6.54 Å². The molecule has 0 radical (unpaired) electrons. The number of thioether (sulfide) groups is 1. The second-order valence-corrected chi connectivity index (χ2v) is 2.88. The normalized spacial score (nSPS) is 5.53. The minimum Gasteiger partial charge on any atom is -0.301 e. The number of aliphatic imine (C=N–C) groups is 1. The van der Waals surface area contributed by atoms with Crippen molar-refractivity contribution in [3.63, 3.8) is 0 Å². The van der Waals surface area contributed by atoms with Gasteiger partial charge >= 0.3 is 0 Å². The van der Waals surface area contributed by atoms with Crippen LogP contribution in [0, 0.1) is 0 Å². The van der Waals surface area contributed by atoms with Crippen LogP contribution in [0.3, 0.4) is 0 Å². The van der Waals surface area contributed by atoms with Gasteiger partial charge in [0.05, 0.1) is 0 Å². The van der Waals surface area contributed by atoms with Crippen molar-refractivity contribution in [3.8, 4) is 0 Å². The number of hydrogen-bond acceptors (Lipinski definition) is 2. The van der Waals surface area contributed by atoms with Gasteiger partial charge < -0.3 is 4.99 Å². The number of hydrogen-bond donors (Lipinski definition) is 0. The molecule has 0 unspecified atom stereocenters. The molecule has 0 aliphatic rings. The van der Waals surface area contributed by atoms with E-state index in [1.54, 1.807) is 0 Å². The minimum absolute atomic E-state index is 0.833. The summed E-state index contributed by atoms with van der Waals surface area (Å²) in [5.74, 6) is 2.52. The standard InChI is InChI=1S/C4H10S.C3H7N.2C2H6.C2H4/c1-3-5-4-2;1-3-4-2;3*1-2/h3-4H2,1-2H3;2-3H2,1H3;2*1-2H3;1-2H2. The van der Waals surface area contributed by atoms with Gasteiger partial charge in [-0.25, -0.2) is 0 Å². The molecule has 0 heterocycles. The van der Waals surface area contributed by atoms with Gasteiger partial charge in [-0.05, 0) is 25.1 Å². The molecule has 0 aliphatic carbocycles. The molecule has 1 nitrogen and oxygen atoms in total. The quantitative estimate of drug-likeness (QED) is 0.476. The molecule has 0 rings (SSSR count). The largest absolute Gasteiger partial charge is 0.301 e. The molecule has 0 N–H and O–H groups in total. The maximum Gasteiger partial charge on any atom is 0.0353 e. The third-order valence-electron chi connectivity index (χ3n) is 0.632. The Morgan fingerprint density at radius 3 is 1.07 bits per heavy atom. The monoisotopic (exact) mass is 235 g/mol. The van der Waals surface area contributed by atoms with Crippen molar-refractivity contribution >= 4 is 18.5 Å². The van der Waals surface area contributed by atoms with Crippen molar-refractivity contribution in [1.29, 1.82) is 0 Å². The summed E-state index contributed by atoms with van der Waals surface area (Å²) < 4.78 is 0. The van der Waals surface area contributed by atoms with Crippen LogP contribution < -0.4 is 0 Å². The second kappa shape index (κ2) is 98.9. The Hall–Kier alpha value is -0.240. The highest BCUT2D eigenvalue weighted by Gasteiger charge is 1.67. The van der Waals surface area contributed by atoms with Gasteiger partial charge in [0.15, 0.2) is 0 Å². The first-order valence-electron chi connectivity index (χ1n) is 5.83. The predicted molar refractivity (Wildman–Crippen MR) is 82.7 cm³/mol. The van der Waals surface area contributed by atoms with Crippen molar-refractivity contribution in [2.24, 2.45) is 4.99 Å². The highest BCUT2D eigenvalue weighted by Crippen LogP contribution is 1.93. The third-order valence-corrected chi connectivity index (χ3v) is 1.45. The van der Waals surface area contributed by atoms with Crippen LogP contribution in [0.1, 0.15) is 48.5 Å². The zero-order chi connectivity index (χ0) is 13.5. The van der Waals surface area contributed by atoms with Crippen LogP contribution in [-0.2, 0) is 0 Å². The summed E-state index contributed by atoms with van der Waals surface area (Å²) in [6, 6.07) is 0. The van der Waals surface area contributed by atoms with Crippen LogP contribution in [0.4, 0.5) is 0 Å². The van der Waals surface area contributed by atoms with E-state index >= 15 is 0 Å². The first-order chi connectivity index (χ1) is 7.33. The summed E-state index contributed by atoms with van der Waals surface area (Å²) in [7, 11) is 0. The zero-order valence-electron chi connectivity index (χ0n) is 12.1. The lowest BCUT2D eigenvalue weighted by molar-refractivity contribution is 1.15. The Morgan fingerprint density at radius 2 is 1.07 bits per heavy atom. The smallest absolute Gasteiger partial charge is 0.0353 e. The van der Waals surface area contributed by atoms with Crippen molar-refractivity contribution in [2.75, 3.05) is 18.1 Å². The van der Waals surface area contributed by atoms with Crippen molar-refractivity contribution in [1.82, 2.24) is 0 Å². The molecule has 15 heavy (non-hydrogen) atoms. The summed E-state index contributed by atoms with van der Waals surface area (Å²) in [5, 5.41) is 0. The first kappa shape index (κ1) is 29.3. The molecule has 96 valence electrons. The summed E-state index contributed by atoms with van der Waals surface area (Å²) >= 11 is 1.96. The lowest BCUT2D eigenvalue weighted by Crippen LogP contribution is -1.64. The third kappa shape index (κ3) is 250. The van der Waals surface area contributed by atoms with Gasteiger partial charge in [-0.1, -0.05) is 41.5 Å². The molecule has 0 spiro atoms. The molecule has 0 atom stereocenters.